The maximum atomic E-state index is 14.2. The number of hydrogen-bond acceptors (Lipinski definition) is 6. The van der Waals surface area contributed by atoms with Crippen molar-refractivity contribution in [3.8, 4) is 0 Å². The summed E-state index contributed by atoms with van der Waals surface area (Å²) < 4.78 is 15.3. The number of nitrogens with zero attached hydrogens (tertiary/aromatic N) is 3. The number of aromatic nitrogens is 3. The van der Waals surface area contributed by atoms with E-state index in [9.17, 15) is 28.7 Å². The molecule has 1 atom stereocenters. The van der Waals surface area contributed by atoms with E-state index in [1.165, 1.54) is 30.5 Å². The molecule has 0 radical (unpaired) electrons. The van der Waals surface area contributed by atoms with Crippen molar-refractivity contribution in [1.29, 1.82) is 0 Å². The Morgan fingerprint density at radius 2 is 1.74 bits per heavy atom. The fourth-order valence-electron chi connectivity index (χ4n) is 5.51. The number of aryl methyl sites for hydroxylation is 1. The first-order valence-electron chi connectivity index (χ1n) is 14.2. The minimum absolute atomic E-state index is 0.0342. The van der Waals surface area contributed by atoms with Crippen molar-refractivity contribution < 1.29 is 28.7 Å². The summed E-state index contributed by atoms with van der Waals surface area (Å²) in [5, 5.41) is 22.3. The highest BCUT2D eigenvalue weighted by atomic mass is 35.5. The number of amides is 3. The molecule has 13 heteroatoms. The van der Waals surface area contributed by atoms with Gasteiger partial charge in [0.1, 0.15) is 22.8 Å². The number of anilines is 2. The lowest BCUT2D eigenvalue weighted by molar-refractivity contribution is 0.0695. The van der Waals surface area contributed by atoms with Gasteiger partial charge in [-0.2, -0.15) is 5.10 Å². The minimum Gasteiger partial charge on any atom is -0.478 e. The van der Waals surface area contributed by atoms with Gasteiger partial charge in [-0.1, -0.05) is 35.9 Å². The SMILES string of the molecule is Cc1ccc(NC(=O)c2cc(C(=O)N[C@H]3CCc4c3ccc(C(=O)O)c4C)n3ncc(C(=O)Nc4ccccc4Cl)c3n2)cc1F. The molecule has 2 heterocycles. The molecule has 2 aromatic heterocycles. The van der Waals surface area contributed by atoms with E-state index in [1.807, 2.05) is 0 Å². The summed E-state index contributed by atoms with van der Waals surface area (Å²) >= 11 is 6.22. The normalized spacial score (nSPS) is 13.7. The molecular formula is C33H26ClFN6O5. The molecule has 0 spiro atoms. The number of carbonyl (C=O) groups is 4. The number of fused-ring (bicyclic) bond motifs is 2. The van der Waals surface area contributed by atoms with Crippen molar-refractivity contribution in [3.63, 3.8) is 0 Å². The van der Waals surface area contributed by atoms with E-state index in [2.05, 4.69) is 26.0 Å². The van der Waals surface area contributed by atoms with E-state index in [0.717, 1.165) is 21.7 Å². The maximum absolute atomic E-state index is 14.2. The van der Waals surface area contributed by atoms with E-state index in [-0.39, 0.29) is 33.8 Å². The molecule has 1 aliphatic rings. The van der Waals surface area contributed by atoms with E-state index in [1.54, 1.807) is 44.2 Å². The van der Waals surface area contributed by atoms with Gasteiger partial charge in [0.25, 0.3) is 17.7 Å². The Morgan fingerprint density at radius 3 is 2.48 bits per heavy atom. The molecular weight excluding hydrogens is 615 g/mol. The van der Waals surface area contributed by atoms with Gasteiger partial charge in [0, 0.05) is 11.8 Å². The molecule has 0 fully saturated rings. The van der Waals surface area contributed by atoms with Crippen LogP contribution < -0.4 is 16.0 Å². The number of halogens is 2. The summed E-state index contributed by atoms with van der Waals surface area (Å²) in [6, 6.07) is 14.8. The van der Waals surface area contributed by atoms with Crippen molar-refractivity contribution in [3.05, 3.63) is 122 Å². The number of aromatic carboxylic acids is 1. The van der Waals surface area contributed by atoms with Crippen LogP contribution in [0.1, 0.15) is 76.4 Å². The molecule has 3 aromatic carbocycles. The Morgan fingerprint density at radius 1 is 0.957 bits per heavy atom. The van der Waals surface area contributed by atoms with Gasteiger partial charge < -0.3 is 21.1 Å². The number of rotatable bonds is 7. The highest BCUT2D eigenvalue weighted by Crippen LogP contribution is 2.35. The first-order valence-corrected chi connectivity index (χ1v) is 14.6. The van der Waals surface area contributed by atoms with Crippen LogP contribution in [0.15, 0.2) is 66.9 Å². The van der Waals surface area contributed by atoms with Crippen molar-refractivity contribution in [2.45, 2.75) is 32.7 Å². The molecule has 46 heavy (non-hydrogen) atoms. The standard InChI is InChI=1S/C33H26ClFN6O5/c1-16-7-8-18(13-24(16)35)37-31(43)27-14-28(32(44)39-25-12-11-19-17(2)20(33(45)46)9-10-21(19)25)41-29(38-27)22(15-36-41)30(42)40-26-6-4-3-5-23(26)34/h3-10,13-15,25H,11-12H2,1-2H3,(H,37,43)(H,39,44)(H,40,42)(H,45,46)/t25-/m0/s1. The molecule has 1 aliphatic carbocycles. The molecule has 0 saturated heterocycles. The third kappa shape index (κ3) is 5.66. The zero-order valence-electron chi connectivity index (χ0n) is 24.5. The van der Waals surface area contributed by atoms with Crippen LogP contribution in [-0.4, -0.2) is 43.4 Å². The van der Waals surface area contributed by atoms with Crippen molar-refractivity contribution in [1.82, 2.24) is 19.9 Å². The van der Waals surface area contributed by atoms with Crippen molar-refractivity contribution in [2.24, 2.45) is 0 Å². The first-order chi connectivity index (χ1) is 22.0. The van der Waals surface area contributed by atoms with Crippen LogP contribution >= 0.6 is 11.6 Å². The molecule has 0 unspecified atom stereocenters. The molecule has 0 bridgehead atoms. The molecule has 3 amide bonds. The summed E-state index contributed by atoms with van der Waals surface area (Å²) in [4.78, 5) is 56.5. The van der Waals surface area contributed by atoms with Crippen LogP contribution in [0.3, 0.4) is 0 Å². The lowest BCUT2D eigenvalue weighted by atomic mass is 9.98. The minimum atomic E-state index is -1.03. The number of para-hydroxylation sites is 1. The fraction of sp³-hybridized carbons (Fsp3) is 0.152. The zero-order valence-corrected chi connectivity index (χ0v) is 25.3. The van der Waals surface area contributed by atoms with E-state index < -0.39 is 35.5 Å². The van der Waals surface area contributed by atoms with Gasteiger partial charge in [-0.05, 0) is 79.3 Å². The topological polar surface area (TPSA) is 155 Å². The lowest BCUT2D eigenvalue weighted by Crippen LogP contribution is -2.30. The molecule has 0 saturated carbocycles. The molecule has 6 rings (SSSR count). The fourth-order valence-corrected chi connectivity index (χ4v) is 5.70. The van der Waals surface area contributed by atoms with Gasteiger partial charge in [0.15, 0.2) is 5.65 Å². The van der Waals surface area contributed by atoms with Crippen molar-refractivity contribution >= 4 is 52.3 Å². The molecule has 11 nitrogen and oxygen atoms in total. The summed E-state index contributed by atoms with van der Waals surface area (Å²) in [5.41, 5.74) is 2.97. The Hall–Kier alpha value is -5.62. The van der Waals surface area contributed by atoms with Crippen LogP contribution in [0.25, 0.3) is 5.65 Å². The Bertz CT molecular complexity index is 2100. The average Bonchev–Trinajstić information content (AvgIpc) is 3.64. The van der Waals surface area contributed by atoms with E-state index in [0.29, 0.717) is 34.7 Å². The van der Waals surface area contributed by atoms with Crippen LogP contribution in [0.2, 0.25) is 5.02 Å². The first kappa shape index (κ1) is 30.4. The van der Waals surface area contributed by atoms with E-state index >= 15 is 0 Å². The monoisotopic (exact) mass is 640 g/mol. The van der Waals surface area contributed by atoms with Gasteiger partial charge in [0.05, 0.1) is 28.5 Å². The second kappa shape index (κ2) is 12.1. The predicted octanol–water partition coefficient (Wildman–Crippen LogP) is 5.76. The van der Waals surface area contributed by atoms with Crippen LogP contribution in [0.5, 0.6) is 0 Å². The third-order valence-corrected chi connectivity index (χ3v) is 8.29. The van der Waals surface area contributed by atoms with Gasteiger partial charge in [0.2, 0.25) is 0 Å². The Kier molecular flexibility index (Phi) is 7.97. The van der Waals surface area contributed by atoms with Gasteiger partial charge >= 0.3 is 5.97 Å². The number of benzene rings is 3. The van der Waals surface area contributed by atoms with E-state index in [4.69, 9.17) is 11.6 Å². The lowest BCUT2D eigenvalue weighted by Gasteiger charge is -2.16. The van der Waals surface area contributed by atoms with Crippen LogP contribution in [0, 0.1) is 19.7 Å². The summed E-state index contributed by atoms with van der Waals surface area (Å²) in [6.07, 6.45) is 2.31. The molecule has 232 valence electrons. The summed E-state index contributed by atoms with van der Waals surface area (Å²) in [7, 11) is 0. The van der Waals surface area contributed by atoms with Gasteiger partial charge in [-0.3, -0.25) is 14.4 Å². The molecule has 4 N–H and O–H groups in total. The highest BCUT2D eigenvalue weighted by molar-refractivity contribution is 6.34. The largest absolute Gasteiger partial charge is 0.478 e. The van der Waals surface area contributed by atoms with Crippen LogP contribution in [0.4, 0.5) is 15.8 Å². The second-order valence-electron chi connectivity index (χ2n) is 10.8. The summed E-state index contributed by atoms with van der Waals surface area (Å²) in [6.45, 7) is 3.33. The molecule has 0 aliphatic heterocycles. The zero-order chi connectivity index (χ0) is 32.7. The van der Waals surface area contributed by atoms with Crippen molar-refractivity contribution in [2.75, 3.05) is 10.6 Å². The number of carbonyl (C=O) groups excluding carboxylic acids is 3. The summed E-state index contributed by atoms with van der Waals surface area (Å²) in [5.74, 6) is -3.53. The highest BCUT2D eigenvalue weighted by Gasteiger charge is 2.30. The maximum Gasteiger partial charge on any atom is 0.335 e. The quantitative estimate of drug-likeness (QED) is 0.176. The number of carboxylic acid groups (broad SMARTS) is 1. The molecule has 5 aromatic rings. The van der Waals surface area contributed by atoms with Gasteiger partial charge in [-0.15, -0.1) is 0 Å². The third-order valence-electron chi connectivity index (χ3n) is 7.96. The van der Waals surface area contributed by atoms with Gasteiger partial charge in [-0.25, -0.2) is 18.7 Å². The smallest absolute Gasteiger partial charge is 0.335 e. The second-order valence-corrected chi connectivity index (χ2v) is 11.3. The Labute approximate surface area is 266 Å². The Balaban J connectivity index is 1.38. The predicted molar refractivity (Wildman–Crippen MR) is 168 cm³/mol. The number of carboxylic acids is 1. The average molecular weight is 641 g/mol. The number of nitrogens with one attached hydrogen (secondary N) is 3. The van der Waals surface area contributed by atoms with Crippen LogP contribution in [-0.2, 0) is 6.42 Å². The number of hydrogen-bond donors (Lipinski definition) is 4.